The Hall–Kier alpha value is -0.640. The summed E-state index contributed by atoms with van der Waals surface area (Å²) in [6.45, 7) is 3.63. The highest BCUT2D eigenvalue weighted by molar-refractivity contribution is 5.73. The van der Waals surface area contributed by atoms with Gasteiger partial charge in [-0.15, -0.1) is 0 Å². The lowest BCUT2D eigenvalue weighted by molar-refractivity contribution is -0.150. The molecule has 0 radical (unpaired) electrons. The van der Waals surface area contributed by atoms with Crippen LogP contribution in [0.4, 0.5) is 4.39 Å². The zero-order valence-electron chi connectivity index (χ0n) is 7.55. The van der Waals surface area contributed by atoms with Gasteiger partial charge in [-0.25, -0.2) is 4.39 Å². The van der Waals surface area contributed by atoms with E-state index < -0.39 is 18.1 Å². The quantitative estimate of drug-likeness (QED) is 0.634. The molecule has 0 rings (SSSR count). The largest absolute Gasteiger partial charge is 0.466 e. The van der Waals surface area contributed by atoms with Gasteiger partial charge in [0.2, 0.25) is 0 Å². The van der Waals surface area contributed by atoms with Gasteiger partial charge in [-0.05, 0) is 26.8 Å². The standard InChI is InChI=1S/C8H16FNO2/c1-3-12-8(11)7(4-5-10)6(2)9/h6-7H,3-5,10H2,1-2H3. The van der Waals surface area contributed by atoms with Gasteiger partial charge in [0.05, 0.1) is 12.5 Å². The normalized spacial score (nSPS) is 15.3. The first-order valence-electron chi connectivity index (χ1n) is 4.14. The molecule has 72 valence electrons. The molecule has 2 unspecified atom stereocenters. The molecule has 2 atom stereocenters. The van der Waals surface area contributed by atoms with Gasteiger partial charge >= 0.3 is 5.97 Å². The van der Waals surface area contributed by atoms with Crippen LogP contribution in [-0.2, 0) is 9.53 Å². The first-order chi connectivity index (χ1) is 5.63. The van der Waals surface area contributed by atoms with E-state index in [1.807, 2.05) is 0 Å². The highest BCUT2D eigenvalue weighted by atomic mass is 19.1. The van der Waals surface area contributed by atoms with Crippen molar-refractivity contribution in [2.75, 3.05) is 13.2 Å². The van der Waals surface area contributed by atoms with Gasteiger partial charge in [0, 0.05) is 0 Å². The Morgan fingerprint density at radius 3 is 2.58 bits per heavy atom. The second-order valence-corrected chi connectivity index (χ2v) is 2.61. The monoisotopic (exact) mass is 177 g/mol. The molecule has 0 saturated carbocycles. The summed E-state index contributed by atoms with van der Waals surface area (Å²) in [4.78, 5) is 11.1. The van der Waals surface area contributed by atoms with Crippen LogP contribution < -0.4 is 5.73 Å². The average molecular weight is 177 g/mol. The molecule has 0 spiro atoms. The summed E-state index contributed by atoms with van der Waals surface area (Å²) in [6.07, 6.45) is -0.844. The van der Waals surface area contributed by atoms with E-state index in [1.165, 1.54) is 6.92 Å². The van der Waals surface area contributed by atoms with Crippen LogP contribution in [0.1, 0.15) is 20.3 Å². The van der Waals surface area contributed by atoms with Gasteiger partial charge < -0.3 is 10.5 Å². The van der Waals surface area contributed by atoms with E-state index in [0.717, 1.165) is 0 Å². The smallest absolute Gasteiger partial charge is 0.311 e. The Morgan fingerprint density at radius 1 is 1.67 bits per heavy atom. The molecule has 0 aliphatic carbocycles. The third kappa shape index (κ3) is 3.67. The van der Waals surface area contributed by atoms with E-state index in [-0.39, 0.29) is 6.61 Å². The molecule has 0 amide bonds. The van der Waals surface area contributed by atoms with Crippen LogP contribution in [0.15, 0.2) is 0 Å². The van der Waals surface area contributed by atoms with E-state index >= 15 is 0 Å². The van der Waals surface area contributed by atoms with Crippen LogP contribution in [0.5, 0.6) is 0 Å². The number of hydrogen-bond acceptors (Lipinski definition) is 3. The number of alkyl halides is 1. The highest BCUT2D eigenvalue weighted by Crippen LogP contribution is 2.13. The molecule has 0 aromatic carbocycles. The second-order valence-electron chi connectivity index (χ2n) is 2.61. The van der Waals surface area contributed by atoms with Crippen LogP contribution in [0.25, 0.3) is 0 Å². The van der Waals surface area contributed by atoms with Crippen molar-refractivity contribution in [2.24, 2.45) is 11.7 Å². The van der Waals surface area contributed by atoms with Gasteiger partial charge in [0.1, 0.15) is 6.17 Å². The number of halogens is 1. The van der Waals surface area contributed by atoms with E-state index in [2.05, 4.69) is 4.74 Å². The Bertz CT molecular complexity index is 139. The number of carbonyl (C=O) groups is 1. The lowest BCUT2D eigenvalue weighted by Gasteiger charge is -2.15. The topological polar surface area (TPSA) is 52.3 Å². The van der Waals surface area contributed by atoms with Crippen molar-refractivity contribution in [1.82, 2.24) is 0 Å². The lowest BCUT2D eigenvalue weighted by Crippen LogP contribution is -2.27. The molecule has 2 N–H and O–H groups in total. The van der Waals surface area contributed by atoms with Crippen LogP contribution >= 0.6 is 0 Å². The van der Waals surface area contributed by atoms with Gasteiger partial charge in [0.15, 0.2) is 0 Å². The molecular formula is C8H16FNO2. The lowest BCUT2D eigenvalue weighted by atomic mass is 10.0. The summed E-state index contributed by atoms with van der Waals surface area (Å²) < 4.78 is 17.5. The van der Waals surface area contributed by atoms with Crippen molar-refractivity contribution in [1.29, 1.82) is 0 Å². The van der Waals surface area contributed by atoms with Crippen molar-refractivity contribution < 1.29 is 13.9 Å². The van der Waals surface area contributed by atoms with Gasteiger partial charge in [-0.3, -0.25) is 4.79 Å². The Morgan fingerprint density at radius 2 is 2.25 bits per heavy atom. The van der Waals surface area contributed by atoms with Crippen molar-refractivity contribution in [3.63, 3.8) is 0 Å². The summed E-state index contributed by atoms with van der Waals surface area (Å²) in [5.74, 6) is -1.19. The summed E-state index contributed by atoms with van der Waals surface area (Å²) in [6, 6.07) is 0. The molecular weight excluding hydrogens is 161 g/mol. The first-order valence-corrected chi connectivity index (χ1v) is 4.14. The molecule has 0 aromatic heterocycles. The fourth-order valence-corrected chi connectivity index (χ4v) is 0.964. The highest BCUT2D eigenvalue weighted by Gasteiger charge is 2.25. The minimum Gasteiger partial charge on any atom is -0.466 e. The number of nitrogens with two attached hydrogens (primary N) is 1. The van der Waals surface area contributed by atoms with E-state index in [0.29, 0.717) is 13.0 Å². The third-order valence-corrected chi connectivity index (χ3v) is 1.62. The van der Waals surface area contributed by atoms with Crippen LogP contribution in [0.3, 0.4) is 0 Å². The summed E-state index contributed by atoms with van der Waals surface area (Å²) >= 11 is 0. The maximum absolute atomic E-state index is 12.8. The maximum Gasteiger partial charge on any atom is 0.311 e. The van der Waals surface area contributed by atoms with Gasteiger partial charge in [0.25, 0.3) is 0 Å². The average Bonchev–Trinajstić information content (AvgIpc) is 1.99. The molecule has 0 aromatic rings. The third-order valence-electron chi connectivity index (χ3n) is 1.62. The van der Waals surface area contributed by atoms with E-state index in [4.69, 9.17) is 5.73 Å². The fourth-order valence-electron chi connectivity index (χ4n) is 0.964. The SMILES string of the molecule is CCOC(=O)C(CCN)C(C)F. The van der Waals surface area contributed by atoms with Gasteiger partial charge in [-0.2, -0.15) is 0 Å². The van der Waals surface area contributed by atoms with Crippen LogP contribution in [0, 0.1) is 5.92 Å². The zero-order valence-corrected chi connectivity index (χ0v) is 7.55. The number of ether oxygens (including phenoxy) is 1. The first kappa shape index (κ1) is 11.4. The number of carbonyl (C=O) groups excluding carboxylic acids is 1. The predicted molar refractivity (Wildman–Crippen MR) is 44.4 cm³/mol. The summed E-state index contributed by atoms with van der Waals surface area (Å²) in [5.41, 5.74) is 5.23. The molecule has 0 fully saturated rings. The summed E-state index contributed by atoms with van der Waals surface area (Å²) in [5, 5.41) is 0. The molecule has 12 heavy (non-hydrogen) atoms. The van der Waals surface area contributed by atoms with Crippen molar-refractivity contribution in [3.8, 4) is 0 Å². The summed E-state index contributed by atoms with van der Waals surface area (Å²) in [7, 11) is 0. The molecule has 0 bridgehead atoms. The van der Waals surface area contributed by atoms with Gasteiger partial charge in [-0.1, -0.05) is 0 Å². The maximum atomic E-state index is 12.8. The van der Waals surface area contributed by atoms with Crippen molar-refractivity contribution in [3.05, 3.63) is 0 Å². The second kappa shape index (κ2) is 5.94. The van der Waals surface area contributed by atoms with Crippen LogP contribution in [-0.4, -0.2) is 25.3 Å². The van der Waals surface area contributed by atoms with E-state index in [9.17, 15) is 9.18 Å². The van der Waals surface area contributed by atoms with Crippen LogP contribution in [0.2, 0.25) is 0 Å². The molecule has 0 heterocycles. The molecule has 3 nitrogen and oxygen atoms in total. The molecule has 4 heteroatoms. The zero-order chi connectivity index (χ0) is 9.56. The predicted octanol–water partition coefficient (Wildman–Crippen LogP) is 0.873. The molecule has 0 saturated heterocycles. The Labute approximate surface area is 72.1 Å². The number of hydrogen-bond donors (Lipinski definition) is 1. The molecule has 0 aliphatic heterocycles. The molecule has 0 aliphatic rings. The Kier molecular flexibility index (Phi) is 5.62. The minimum atomic E-state index is -1.19. The number of esters is 1. The van der Waals surface area contributed by atoms with E-state index in [1.54, 1.807) is 6.92 Å². The minimum absolute atomic E-state index is 0.284. The van der Waals surface area contributed by atoms with Crippen molar-refractivity contribution >= 4 is 5.97 Å². The Balaban J connectivity index is 4.00. The number of rotatable bonds is 5. The van der Waals surface area contributed by atoms with Crippen molar-refractivity contribution in [2.45, 2.75) is 26.4 Å². The fraction of sp³-hybridized carbons (Fsp3) is 0.875.